The zero-order chi connectivity index (χ0) is 46.2. The van der Waals surface area contributed by atoms with Gasteiger partial charge in [-0.25, -0.2) is 14.2 Å². The van der Waals surface area contributed by atoms with Gasteiger partial charge in [-0.1, -0.05) is 38.7 Å². The summed E-state index contributed by atoms with van der Waals surface area (Å²) in [7, 11) is -5.14. The maximum Gasteiger partial charge on any atom is 0.472 e. The van der Waals surface area contributed by atoms with Crippen LogP contribution in [0.15, 0.2) is 24.3 Å². The minimum absolute atomic E-state index is 0.0146. The number of phosphoric acid groups is 1. The van der Waals surface area contributed by atoms with Crippen molar-refractivity contribution in [1.82, 2.24) is 0 Å². The van der Waals surface area contributed by atoms with E-state index in [1.165, 1.54) is 0 Å². The molecular formula is C39H84N2O13P2Si3+2. The van der Waals surface area contributed by atoms with Crippen molar-refractivity contribution in [3.05, 3.63) is 24.3 Å². The molecule has 20 heteroatoms. The molecule has 0 aromatic carbocycles. The summed E-state index contributed by atoms with van der Waals surface area (Å²) in [4.78, 5) is 44.0. The van der Waals surface area contributed by atoms with Crippen LogP contribution in [-0.4, -0.2) is 160 Å². The lowest BCUT2D eigenvalue weighted by molar-refractivity contribution is -0.890. The molecule has 3 unspecified atom stereocenters. The molecule has 0 saturated heterocycles. The minimum atomic E-state index is -4.24. The molecule has 59 heavy (non-hydrogen) atoms. The Kier molecular flexibility index (Phi) is 24.7. The fraction of sp³-hybridized carbons (Fsp3) is 0.846. The first kappa shape index (κ1) is 58.3. The van der Waals surface area contributed by atoms with Crippen LogP contribution in [0.4, 0.5) is 0 Å². The quantitative estimate of drug-likeness (QED) is 0.0164. The second kappa shape index (κ2) is 25.0. The van der Waals surface area contributed by atoms with Gasteiger partial charge in [0, 0.05) is 16.4 Å². The molecule has 3 atom stereocenters. The second-order valence-corrected chi connectivity index (χ2v) is 35.9. The highest BCUT2D eigenvalue weighted by atomic mass is 31.2. The molecule has 0 aromatic heterocycles. The maximum absolute atomic E-state index is 12.7. The van der Waals surface area contributed by atoms with E-state index in [9.17, 15) is 23.9 Å². The van der Waals surface area contributed by atoms with Gasteiger partial charge in [0.2, 0.25) is 8.32 Å². The first-order chi connectivity index (χ1) is 26.6. The fourth-order valence-electron chi connectivity index (χ4n) is 6.02. The highest BCUT2D eigenvalue weighted by Gasteiger charge is 2.52. The molecule has 348 valence electrons. The average molecular weight is 935 g/mol. The van der Waals surface area contributed by atoms with Crippen molar-refractivity contribution in [2.24, 2.45) is 0 Å². The van der Waals surface area contributed by atoms with Crippen molar-refractivity contribution in [1.29, 1.82) is 0 Å². The van der Waals surface area contributed by atoms with Gasteiger partial charge in [0.25, 0.3) is 0 Å². The number of likely N-dealkylation sites (N-methyl/N-ethyl adjacent to an activating group) is 2. The lowest BCUT2D eigenvalue weighted by atomic mass is 10.4. The van der Waals surface area contributed by atoms with Crippen LogP contribution in [0.5, 0.6) is 0 Å². The van der Waals surface area contributed by atoms with Crippen molar-refractivity contribution in [3.63, 3.8) is 0 Å². The van der Waals surface area contributed by atoms with Crippen molar-refractivity contribution >= 4 is 53.1 Å². The fourth-order valence-corrected chi connectivity index (χ4v) is 17.7. The van der Waals surface area contributed by atoms with E-state index in [-0.39, 0.29) is 26.4 Å². The van der Waals surface area contributed by atoms with E-state index in [0.717, 1.165) is 24.6 Å². The third-order valence-electron chi connectivity index (χ3n) is 11.4. The molecule has 2 N–H and O–H groups in total. The van der Waals surface area contributed by atoms with E-state index in [0.29, 0.717) is 65.9 Å². The van der Waals surface area contributed by atoms with Gasteiger partial charge in [-0.05, 0) is 86.6 Å². The topological polar surface area (TPSA) is 166 Å². The summed E-state index contributed by atoms with van der Waals surface area (Å²) < 4.78 is 60.0. The zero-order valence-electron chi connectivity index (χ0n) is 39.7. The van der Waals surface area contributed by atoms with E-state index in [2.05, 4.69) is 80.5 Å². The first-order valence-corrected chi connectivity index (χ1v) is 32.3. The highest BCUT2D eigenvalue weighted by Crippen LogP contribution is 2.44. The van der Waals surface area contributed by atoms with Gasteiger partial charge >= 0.3 is 28.4 Å². The molecule has 0 aliphatic rings. The number of carbonyl (C=O) groups excluding carboxylic acids is 2. The Morgan fingerprint density at radius 1 is 0.678 bits per heavy atom. The summed E-state index contributed by atoms with van der Waals surface area (Å²) in [5, 5.41) is -0.889. The standard InChI is InChI=1S/C39H83N2O13P2Si3/c1-19-59(18,33-21-27-51-56(45,46)52-31-25-41(12,13)23-29-48-37(43)35(4)5)39(8,9)54-58(16,17)38(6,7)53-57(14,15)32-20-26-49-55(44)50-30-24-40(10,11)22-28-47-36(42)34(2)3/h44H,2,4,19-33H2,1,3,5-18H3/q+1/p+1. The Morgan fingerprint density at radius 3 is 1.58 bits per heavy atom. The van der Waals surface area contributed by atoms with Gasteiger partial charge in [-0.15, -0.1) is 0 Å². The van der Waals surface area contributed by atoms with Crippen LogP contribution in [0.1, 0.15) is 61.3 Å². The van der Waals surface area contributed by atoms with Crippen LogP contribution in [0, 0.1) is 0 Å². The monoisotopic (exact) mass is 934 g/mol. The number of hydrogen-bond acceptors (Lipinski definition) is 12. The van der Waals surface area contributed by atoms with E-state index >= 15 is 0 Å². The number of quaternary nitrogens is 2. The number of hydrogen-bond donors (Lipinski definition) is 2. The molecule has 0 fully saturated rings. The maximum atomic E-state index is 12.7. The molecule has 0 radical (unpaired) electrons. The number of nitrogens with zero attached hydrogens (tertiary/aromatic N) is 2. The largest absolute Gasteiger partial charge is 0.472 e. The molecule has 0 heterocycles. The van der Waals surface area contributed by atoms with Crippen molar-refractivity contribution in [3.8, 4) is 0 Å². The second-order valence-electron chi connectivity index (χ2n) is 19.3. The van der Waals surface area contributed by atoms with Gasteiger partial charge in [0.05, 0.1) is 54.7 Å². The molecule has 0 rings (SSSR count). The Balaban J connectivity index is 4.95. The van der Waals surface area contributed by atoms with Crippen molar-refractivity contribution < 1.29 is 69.3 Å². The van der Waals surface area contributed by atoms with E-state index in [1.54, 1.807) is 13.8 Å². The average Bonchev–Trinajstić information content (AvgIpc) is 3.06. The Hall–Kier alpha value is -0.669. The van der Waals surface area contributed by atoms with Gasteiger partial charge in [-0.2, -0.15) is 0 Å². The van der Waals surface area contributed by atoms with Crippen molar-refractivity contribution in [2.45, 2.75) is 123 Å². The smallest absolute Gasteiger partial charge is 0.456 e. The predicted molar refractivity (Wildman–Crippen MR) is 244 cm³/mol. The minimum Gasteiger partial charge on any atom is -0.456 e. The lowest BCUT2D eigenvalue weighted by Gasteiger charge is -2.52. The summed E-state index contributed by atoms with van der Waals surface area (Å²) in [6.45, 7) is 35.8. The summed E-state index contributed by atoms with van der Waals surface area (Å²) in [6.07, 6.45) is 1.33. The zero-order valence-corrected chi connectivity index (χ0v) is 44.5. The SMILES string of the molecule is C=C(C)C(=O)OCC[N+](C)(C)CCOP(O)OCCC[Si](C)(C)OC(C)(C)[Si](C)(C)OC(C)(C)[Si](C)(CC)CCCOP(=O)(O)OCC[N+](C)(C)CCOC(=O)C(=C)C. The van der Waals surface area contributed by atoms with Gasteiger partial charge in [-0.3, -0.25) is 9.05 Å². The number of esters is 2. The molecule has 0 spiro atoms. The summed E-state index contributed by atoms with van der Waals surface area (Å²) >= 11 is 0. The van der Waals surface area contributed by atoms with Gasteiger partial charge in [0.15, 0.2) is 8.32 Å². The molecule has 0 aliphatic carbocycles. The van der Waals surface area contributed by atoms with Crippen LogP contribution in [0.25, 0.3) is 0 Å². The summed E-state index contributed by atoms with van der Waals surface area (Å²) in [6, 6.07) is 2.65. The van der Waals surface area contributed by atoms with Crippen LogP contribution in [-0.2, 0) is 50.6 Å². The van der Waals surface area contributed by atoms with Crippen LogP contribution in [0.2, 0.25) is 50.9 Å². The van der Waals surface area contributed by atoms with Gasteiger partial charge < -0.3 is 46.1 Å². The number of ether oxygens (including phenoxy) is 2. The van der Waals surface area contributed by atoms with E-state index < -0.39 is 63.5 Å². The van der Waals surface area contributed by atoms with Gasteiger partial charge in [0.1, 0.15) is 52.6 Å². The summed E-state index contributed by atoms with van der Waals surface area (Å²) in [5.41, 5.74) is 0.708. The molecule has 0 saturated carbocycles. The Bertz CT molecular complexity index is 1400. The third-order valence-corrected chi connectivity index (χ3v) is 26.3. The Labute approximate surface area is 362 Å². The lowest BCUT2D eigenvalue weighted by Crippen LogP contribution is -2.65. The number of rotatable bonds is 33. The molecule has 0 bridgehead atoms. The molecule has 15 nitrogen and oxygen atoms in total. The highest BCUT2D eigenvalue weighted by molar-refractivity contribution is 7.47. The molecule has 0 aliphatic heterocycles. The summed E-state index contributed by atoms with van der Waals surface area (Å²) in [5.74, 6) is -0.841. The van der Waals surface area contributed by atoms with Crippen molar-refractivity contribution in [2.75, 3.05) is 94.0 Å². The van der Waals surface area contributed by atoms with Crippen LogP contribution >= 0.6 is 16.4 Å². The number of phosphoric ester groups is 1. The molecule has 0 amide bonds. The molecular weight excluding hydrogens is 851 g/mol. The van der Waals surface area contributed by atoms with Crippen LogP contribution < -0.4 is 0 Å². The molecule has 0 aromatic rings. The van der Waals surface area contributed by atoms with Crippen LogP contribution in [0.3, 0.4) is 0 Å². The Morgan fingerprint density at radius 2 is 1.10 bits per heavy atom. The van der Waals surface area contributed by atoms with E-state index in [1.807, 2.05) is 28.2 Å². The normalized spacial score (nSPS) is 15.9. The predicted octanol–water partition coefficient (Wildman–Crippen LogP) is 7.72. The van der Waals surface area contributed by atoms with E-state index in [4.69, 9.17) is 36.4 Å². The number of carbonyl (C=O) groups is 2. The third kappa shape index (κ3) is 23.5. The first-order valence-electron chi connectivity index (χ1n) is 20.7.